The van der Waals surface area contributed by atoms with Gasteiger partial charge in [0.1, 0.15) is 11.6 Å². The van der Waals surface area contributed by atoms with Gasteiger partial charge in [-0.05, 0) is 83.6 Å². The molecular formula is C48H31N5. The van der Waals surface area contributed by atoms with E-state index in [-0.39, 0.29) is 0 Å². The first kappa shape index (κ1) is 30.4. The molecule has 248 valence electrons. The molecule has 1 N–H and O–H groups in total. The number of rotatable bonds is 6. The Kier molecular flexibility index (Phi) is 6.95. The number of aromatic nitrogens is 2. The molecule has 2 heterocycles. The summed E-state index contributed by atoms with van der Waals surface area (Å²) in [7, 11) is 0. The highest BCUT2D eigenvalue weighted by atomic mass is 15.1. The molecule has 10 aromatic rings. The Morgan fingerprint density at radius 3 is 1.70 bits per heavy atom. The standard InChI is InChI=1S/C48H31N5/c49-30-33-24-26-45(41(31-50)48(33)53-42-21-11-9-19-38(42)39-20-10-12-22-43(39)53)52-44-28-25-36(51(34-14-3-1-4-15-34)35-16-5-2-6-17-35)29-40(44)47-37-18-8-7-13-32(37)23-27-46(47)52/h1-30,49H. The minimum atomic E-state index is 0.503. The first-order chi connectivity index (χ1) is 26.2. The molecule has 0 amide bonds. The summed E-state index contributed by atoms with van der Waals surface area (Å²) in [6.07, 6.45) is 1.36. The number of fused-ring (bicyclic) bond motifs is 8. The van der Waals surface area contributed by atoms with Crippen molar-refractivity contribution in [1.29, 1.82) is 10.7 Å². The SMILES string of the molecule is N#Cc1c(-n2c3ccc(N(c4ccccc4)c4ccccc4)cc3c3c4ccccc4ccc32)ccc(C=N)c1-n1c2ccccc2c2ccccc21. The largest absolute Gasteiger partial charge is 0.310 e. The maximum atomic E-state index is 11.2. The van der Waals surface area contributed by atoms with Crippen LogP contribution in [0.1, 0.15) is 11.1 Å². The lowest BCUT2D eigenvalue weighted by Gasteiger charge is -2.25. The Bertz CT molecular complexity index is 3000. The van der Waals surface area contributed by atoms with Gasteiger partial charge in [-0.3, -0.25) is 0 Å². The zero-order valence-corrected chi connectivity index (χ0v) is 28.6. The van der Waals surface area contributed by atoms with Gasteiger partial charge in [-0.25, -0.2) is 0 Å². The van der Waals surface area contributed by atoms with Crippen molar-refractivity contribution in [2.45, 2.75) is 0 Å². The van der Waals surface area contributed by atoms with Gasteiger partial charge in [-0.15, -0.1) is 0 Å². The number of benzene rings is 8. The summed E-state index contributed by atoms with van der Waals surface area (Å²) >= 11 is 0. The maximum Gasteiger partial charge on any atom is 0.104 e. The third-order valence-corrected chi connectivity index (χ3v) is 10.4. The molecule has 0 atom stereocenters. The monoisotopic (exact) mass is 677 g/mol. The van der Waals surface area contributed by atoms with E-state index in [9.17, 15) is 5.26 Å². The van der Waals surface area contributed by atoms with Crippen LogP contribution in [0.3, 0.4) is 0 Å². The maximum absolute atomic E-state index is 11.2. The lowest BCUT2D eigenvalue weighted by atomic mass is 10.0. The molecule has 10 rings (SSSR count). The first-order valence-corrected chi connectivity index (χ1v) is 17.7. The van der Waals surface area contributed by atoms with Gasteiger partial charge in [-0.1, -0.05) is 103 Å². The van der Waals surface area contributed by atoms with Crippen LogP contribution in [0.2, 0.25) is 0 Å². The molecule has 0 saturated heterocycles. The van der Waals surface area contributed by atoms with Crippen molar-refractivity contribution in [3.8, 4) is 17.4 Å². The second-order valence-corrected chi connectivity index (χ2v) is 13.2. The minimum Gasteiger partial charge on any atom is -0.310 e. The van der Waals surface area contributed by atoms with Crippen LogP contribution in [-0.2, 0) is 0 Å². The summed E-state index contributed by atoms with van der Waals surface area (Å²) in [6.45, 7) is 0. The smallest absolute Gasteiger partial charge is 0.104 e. The van der Waals surface area contributed by atoms with E-state index in [1.807, 2.05) is 48.5 Å². The molecule has 0 spiro atoms. The van der Waals surface area contributed by atoms with Crippen LogP contribution in [0.4, 0.5) is 17.1 Å². The normalized spacial score (nSPS) is 11.5. The van der Waals surface area contributed by atoms with Crippen LogP contribution in [0.5, 0.6) is 0 Å². The van der Waals surface area contributed by atoms with E-state index in [0.717, 1.165) is 77.1 Å². The predicted molar refractivity (Wildman–Crippen MR) is 220 cm³/mol. The Morgan fingerprint density at radius 1 is 0.491 bits per heavy atom. The molecule has 5 nitrogen and oxygen atoms in total. The molecule has 0 fully saturated rings. The second kappa shape index (κ2) is 12.1. The Morgan fingerprint density at radius 2 is 1.06 bits per heavy atom. The van der Waals surface area contributed by atoms with E-state index in [1.165, 1.54) is 6.21 Å². The summed E-state index contributed by atoms with van der Waals surface area (Å²) < 4.78 is 4.39. The molecule has 0 aliphatic heterocycles. The summed E-state index contributed by atoms with van der Waals surface area (Å²) in [4.78, 5) is 2.29. The highest BCUT2D eigenvalue weighted by Crippen LogP contribution is 2.43. The summed E-state index contributed by atoms with van der Waals surface area (Å²) in [6, 6.07) is 63.6. The van der Waals surface area contributed by atoms with Crippen LogP contribution in [0.25, 0.3) is 65.8 Å². The van der Waals surface area contributed by atoms with Crippen molar-refractivity contribution in [3.63, 3.8) is 0 Å². The highest BCUT2D eigenvalue weighted by molar-refractivity contribution is 6.22. The molecule has 53 heavy (non-hydrogen) atoms. The number of anilines is 3. The number of nitrogens with zero attached hydrogens (tertiary/aromatic N) is 4. The summed E-state index contributed by atoms with van der Waals surface area (Å²) in [5.74, 6) is 0. The van der Waals surface area contributed by atoms with Gasteiger partial charge in [0.25, 0.3) is 0 Å². The number of para-hydroxylation sites is 4. The molecule has 0 bridgehead atoms. The van der Waals surface area contributed by atoms with Crippen molar-refractivity contribution >= 4 is 77.7 Å². The lowest BCUT2D eigenvalue weighted by Crippen LogP contribution is -2.09. The molecule has 8 aromatic carbocycles. The van der Waals surface area contributed by atoms with Crippen molar-refractivity contribution in [2.24, 2.45) is 0 Å². The van der Waals surface area contributed by atoms with E-state index < -0.39 is 0 Å². The third kappa shape index (κ3) is 4.60. The molecule has 0 aliphatic carbocycles. The Hall–Kier alpha value is -7.42. The van der Waals surface area contributed by atoms with E-state index in [4.69, 9.17) is 5.41 Å². The third-order valence-electron chi connectivity index (χ3n) is 10.4. The second-order valence-electron chi connectivity index (χ2n) is 13.2. The van der Waals surface area contributed by atoms with Crippen molar-refractivity contribution in [1.82, 2.24) is 9.13 Å². The molecule has 0 unspecified atom stereocenters. The fraction of sp³-hybridized carbons (Fsp3) is 0. The van der Waals surface area contributed by atoms with Crippen molar-refractivity contribution in [3.05, 3.63) is 187 Å². The van der Waals surface area contributed by atoms with Crippen LogP contribution in [0.15, 0.2) is 176 Å². The van der Waals surface area contributed by atoms with Crippen molar-refractivity contribution in [2.75, 3.05) is 4.90 Å². The number of nitriles is 1. The van der Waals surface area contributed by atoms with Gasteiger partial charge in [0.05, 0.1) is 33.4 Å². The molecular weight excluding hydrogens is 647 g/mol. The van der Waals surface area contributed by atoms with Crippen molar-refractivity contribution < 1.29 is 0 Å². The van der Waals surface area contributed by atoms with Crippen LogP contribution < -0.4 is 4.90 Å². The topological polar surface area (TPSA) is 60.7 Å². The van der Waals surface area contributed by atoms with Crippen LogP contribution in [0, 0.1) is 16.7 Å². The van der Waals surface area contributed by atoms with Crippen LogP contribution in [-0.4, -0.2) is 15.3 Å². The van der Waals surface area contributed by atoms with E-state index in [1.54, 1.807) is 0 Å². The predicted octanol–water partition coefficient (Wildman–Crippen LogP) is 12.4. The summed E-state index contributed by atoms with van der Waals surface area (Å²) in [5.41, 5.74) is 9.79. The average molecular weight is 678 g/mol. The quantitative estimate of drug-likeness (QED) is 0.178. The van der Waals surface area contributed by atoms with Gasteiger partial charge < -0.3 is 19.4 Å². The molecule has 0 aliphatic rings. The molecule has 0 radical (unpaired) electrons. The fourth-order valence-corrected chi connectivity index (χ4v) is 8.19. The van der Waals surface area contributed by atoms with E-state index >= 15 is 0 Å². The fourth-order valence-electron chi connectivity index (χ4n) is 8.19. The van der Waals surface area contributed by atoms with E-state index in [2.05, 4.69) is 147 Å². The first-order valence-electron chi connectivity index (χ1n) is 17.7. The van der Waals surface area contributed by atoms with Gasteiger partial charge in [0.2, 0.25) is 0 Å². The zero-order valence-electron chi connectivity index (χ0n) is 28.6. The number of hydrogen-bond donors (Lipinski definition) is 1. The molecule has 2 aromatic heterocycles. The highest BCUT2D eigenvalue weighted by Gasteiger charge is 2.24. The lowest BCUT2D eigenvalue weighted by molar-refractivity contribution is 1.11. The average Bonchev–Trinajstić information content (AvgIpc) is 3.74. The van der Waals surface area contributed by atoms with Gasteiger partial charge in [0, 0.05) is 50.4 Å². The summed E-state index contributed by atoms with van der Waals surface area (Å²) in [5, 5.41) is 26.4. The Labute approximate surface area is 305 Å². The number of nitrogens with one attached hydrogen (secondary N) is 1. The van der Waals surface area contributed by atoms with E-state index in [0.29, 0.717) is 16.8 Å². The van der Waals surface area contributed by atoms with Gasteiger partial charge in [-0.2, -0.15) is 5.26 Å². The van der Waals surface area contributed by atoms with Gasteiger partial charge in [0.15, 0.2) is 0 Å². The van der Waals surface area contributed by atoms with Crippen LogP contribution >= 0.6 is 0 Å². The Balaban J connectivity index is 1.31. The minimum absolute atomic E-state index is 0.503. The molecule has 0 saturated carbocycles. The molecule has 5 heteroatoms. The number of hydrogen-bond acceptors (Lipinski definition) is 3. The van der Waals surface area contributed by atoms with Gasteiger partial charge >= 0.3 is 0 Å². The zero-order chi connectivity index (χ0) is 35.5.